The zero-order valence-electron chi connectivity index (χ0n) is 21.1. The molecule has 0 aromatic rings. The van der Waals surface area contributed by atoms with E-state index < -0.39 is 38.6 Å². The predicted octanol–water partition coefficient (Wildman–Crippen LogP) is 0.556. The van der Waals surface area contributed by atoms with Crippen LogP contribution in [0.25, 0.3) is 0 Å². The van der Waals surface area contributed by atoms with Gasteiger partial charge in [-0.15, -0.1) is 16.4 Å². The summed E-state index contributed by atoms with van der Waals surface area (Å²) in [6.45, 7) is 3.94. The summed E-state index contributed by atoms with van der Waals surface area (Å²) in [5.74, 6) is -0.989. The molecule has 2 heterocycles. The van der Waals surface area contributed by atoms with E-state index in [1.807, 2.05) is 12.1 Å². The molecule has 4 fully saturated rings. The highest BCUT2D eigenvalue weighted by molar-refractivity contribution is 7.90. The highest BCUT2D eigenvalue weighted by Crippen LogP contribution is 2.37. The first kappa shape index (κ1) is 28.4. The maximum absolute atomic E-state index is 14.8. The van der Waals surface area contributed by atoms with Crippen molar-refractivity contribution < 1.29 is 22.3 Å². The molecule has 4 aliphatic rings. The number of ether oxygens (including phenoxy) is 1. The molecule has 2 aliphatic carbocycles. The second-order valence-corrected chi connectivity index (χ2v) is 13.5. The molecule has 2 saturated carbocycles. The fraction of sp³-hybridized carbons (Fsp3) is 0.957. The molecule has 13 heteroatoms. The van der Waals surface area contributed by atoms with Gasteiger partial charge < -0.3 is 4.74 Å². The van der Waals surface area contributed by atoms with Gasteiger partial charge in [0.1, 0.15) is 11.4 Å². The van der Waals surface area contributed by atoms with E-state index in [2.05, 4.69) is 25.9 Å². The van der Waals surface area contributed by atoms with Crippen molar-refractivity contribution in [1.82, 2.24) is 30.9 Å². The Morgan fingerprint density at radius 2 is 1.97 bits per heavy atom. The van der Waals surface area contributed by atoms with Crippen molar-refractivity contribution in [2.24, 2.45) is 17.8 Å². The number of carbonyl (C=O) groups excluding carboxylic acids is 1. The van der Waals surface area contributed by atoms with E-state index in [1.54, 1.807) is 0 Å². The maximum atomic E-state index is 14.8. The Hall–Kier alpha value is -0.600. The number of hydrogen-bond acceptors (Lipinski definition) is 8. The number of alkyl halides is 2. The number of carbonyl (C=O) groups is 1. The van der Waals surface area contributed by atoms with Gasteiger partial charge in [-0.25, -0.2) is 17.8 Å². The minimum atomic E-state index is -3.84. The molecule has 6 unspecified atom stereocenters. The van der Waals surface area contributed by atoms with Crippen LogP contribution in [0.2, 0.25) is 0 Å². The van der Waals surface area contributed by atoms with Crippen LogP contribution < -0.4 is 21.0 Å². The number of halogens is 2. The monoisotopic (exact) mass is 552 g/mol. The molecule has 10 nitrogen and oxygen atoms in total. The highest BCUT2D eigenvalue weighted by Gasteiger charge is 2.44. The van der Waals surface area contributed by atoms with Crippen molar-refractivity contribution in [1.29, 1.82) is 0 Å². The van der Waals surface area contributed by atoms with Crippen molar-refractivity contribution >= 4 is 27.5 Å². The van der Waals surface area contributed by atoms with Crippen LogP contribution in [0.3, 0.4) is 0 Å². The second-order valence-electron chi connectivity index (χ2n) is 11.0. The molecule has 0 aromatic carbocycles. The van der Waals surface area contributed by atoms with Gasteiger partial charge in [-0.05, 0) is 44.6 Å². The van der Waals surface area contributed by atoms with E-state index >= 15 is 0 Å². The van der Waals surface area contributed by atoms with Crippen molar-refractivity contribution in [2.45, 2.75) is 67.8 Å². The lowest BCUT2D eigenvalue weighted by Gasteiger charge is -2.37. The van der Waals surface area contributed by atoms with Crippen LogP contribution in [0, 0.1) is 17.8 Å². The summed E-state index contributed by atoms with van der Waals surface area (Å²) < 4.78 is 46.2. The summed E-state index contributed by atoms with van der Waals surface area (Å²) in [6.07, 6.45) is 5.61. The number of hydrogen-bond donors (Lipinski definition) is 4. The largest absolute Gasteiger partial charge is 0.380 e. The minimum Gasteiger partial charge on any atom is -0.380 e. The van der Waals surface area contributed by atoms with Crippen molar-refractivity contribution in [3.05, 3.63) is 0 Å². The summed E-state index contributed by atoms with van der Waals surface area (Å²) in [5, 5.41) is 3.70. The number of sulfonamides is 1. The van der Waals surface area contributed by atoms with Gasteiger partial charge in [-0.1, -0.05) is 19.3 Å². The van der Waals surface area contributed by atoms with Crippen LogP contribution in [0.1, 0.15) is 44.9 Å². The van der Waals surface area contributed by atoms with Crippen LogP contribution in [0.15, 0.2) is 0 Å². The van der Waals surface area contributed by atoms with Crippen LogP contribution in [-0.4, -0.2) is 100 Å². The maximum Gasteiger partial charge on any atom is 0.241 e. The molecule has 36 heavy (non-hydrogen) atoms. The Morgan fingerprint density at radius 1 is 1.19 bits per heavy atom. The first-order valence-corrected chi connectivity index (χ1v) is 15.3. The summed E-state index contributed by atoms with van der Waals surface area (Å²) in [4.78, 5) is 17.1. The lowest BCUT2D eigenvalue weighted by Crippen LogP contribution is -2.53. The quantitative estimate of drug-likeness (QED) is 0.176. The minimum absolute atomic E-state index is 0.0460. The topological polar surface area (TPSA) is 115 Å². The van der Waals surface area contributed by atoms with Gasteiger partial charge in [0.05, 0.1) is 17.9 Å². The van der Waals surface area contributed by atoms with Gasteiger partial charge >= 0.3 is 0 Å². The van der Waals surface area contributed by atoms with Gasteiger partial charge in [-0.3, -0.25) is 25.9 Å². The lowest BCUT2D eigenvalue weighted by atomic mass is 9.76. The number of rotatable bonds is 10. The first-order chi connectivity index (χ1) is 17.2. The van der Waals surface area contributed by atoms with E-state index in [9.17, 15) is 17.6 Å². The number of likely N-dealkylation sites (N-methyl/N-ethyl adjacent to an activating group) is 1. The Labute approximate surface area is 219 Å². The van der Waals surface area contributed by atoms with Crippen molar-refractivity contribution in [3.63, 3.8) is 0 Å². The Balaban J connectivity index is 1.19. The van der Waals surface area contributed by atoms with Gasteiger partial charge in [0.25, 0.3) is 0 Å². The fourth-order valence-electron chi connectivity index (χ4n) is 5.92. The summed E-state index contributed by atoms with van der Waals surface area (Å²) in [6, 6.07) is 0.137. The number of amides is 1. The summed E-state index contributed by atoms with van der Waals surface area (Å²) in [5.41, 5.74) is 5.36. The zero-order valence-corrected chi connectivity index (χ0v) is 22.7. The molecule has 2 aliphatic heterocycles. The lowest BCUT2D eigenvalue weighted by molar-refractivity contribution is -0.129. The van der Waals surface area contributed by atoms with Crippen LogP contribution in [-0.2, 0) is 19.6 Å². The molecular weight excluding hydrogens is 511 g/mol. The van der Waals surface area contributed by atoms with Gasteiger partial charge in [0.15, 0.2) is 0 Å². The molecule has 1 amide bonds. The van der Waals surface area contributed by atoms with E-state index in [1.165, 1.54) is 32.1 Å². The highest BCUT2D eigenvalue weighted by atomic mass is 35.5. The van der Waals surface area contributed by atoms with Gasteiger partial charge in [-0.2, -0.15) is 0 Å². The molecule has 4 rings (SSSR count). The van der Waals surface area contributed by atoms with Crippen LogP contribution >= 0.6 is 11.6 Å². The van der Waals surface area contributed by atoms with Crippen LogP contribution in [0.5, 0.6) is 0 Å². The molecule has 0 aromatic heterocycles. The molecular formula is C23H42ClFN6O4S. The number of hydrazine groups is 2. The number of nitrogens with zero attached hydrogens (tertiary/aromatic N) is 2. The normalized spacial score (nSPS) is 35.3. The third kappa shape index (κ3) is 7.49. The molecule has 0 spiro atoms. The third-order valence-corrected chi connectivity index (χ3v) is 10.2. The van der Waals surface area contributed by atoms with E-state index in [0.717, 1.165) is 19.8 Å². The van der Waals surface area contributed by atoms with Crippen molar-refractivity contribution in [3.8, 4) is 0 Å². The Morgan fingerprint density at radius 3 is 2.69 bits per heavy atom. The molecule has 208 valence electrons. The molecule has 4 N–H and O–H groups in total. The number of nitrogens with one attached hydrogen (secondary N) is 4. The first-order valence-electron chi connectivity index (χ1n) is 13.3. The molecule has 6 atom stereocenters. The summed E-state index contributed by atoms with van der Waals surface area (Å²) >= 11 is 6.26. The second kappa shape index (κ2) is 13.0. The predicted molar refractivity (Wildman–Crippen MR) is 136 cm³/mol. The average molecular weight is 553 g/mol. The Bertz CT molecular complexity index is 835. The van der Waals surface area contributed by atoms with Crippen LogP contribution in [0.4, 0.5) is 4.39 Å². The SMILES string of the molecule is CN1CNC(C2CC(Cl)C(F)C(C(=O)NNS(=O)(=O)C3CNN(CCOCC4CCCCC4)C3)C2)C1. The molecule has 0 radical (unpaired) electrons. The van der Waals surface area contributed by atoms with Gasteiger partial charge in [0.2, 0.25) is 15.9 Å². The van der Waals surface area contributed by atoms with E-state index in [0.29, 0.717) is 31.9 Å². The smallest absolute Gasteiger partial charge is 0.241 e. The molecule has 0 bridgehead atoms. The summed E-state index contributed by atoms with van der Waals surface area (Å²) in [7, 11) is -1.85. The van der Waals surface area contributed by atoms with Crippen molar-refractivity contribution in [2.75, 3.05) is 53.1 Å². The van der Waals surface area contributed by atoms with E-state index in [-0.39, 0.29) is 25.0 Å². The van der Waals surface area contributed by atoms with Gasteiger partial charge in [0, 0.05) is 45.5 Å². The average Bonchev–Trinajstić information content (AvgIpc) is 3.52. The Kier molecular flexibility index (Phi) is 10.2. The zero-order chi connectivity index (χ0) is 25.7. The fourth-order valence-corrected chi connectivity index (χ4v) is 7.40. The standard InChI is InChI=1S/C23H42ClFN6O4S/c1-30-13-21(26-15-30)17-9-19(22(25)20(24)10-17)23(32)28-29-36(33,34)18-11-27-31(12-18)7-8-35-14-16-5-3-2-4-6-16/h16-22,26-27,29H,2-15H2,1H3,(H,28,32). The van der Waals surface area contributed by atoms with E-state index in [4.69, 9.17) is 16.3 Å². The third-order valence-electron chi connectivity index (χ3n) is 8.16. The molecule has 2 saturated heterocycles.